The molecule has 5 aromatic rings. The highest BCUT2D eigenvalue weighted by Crippen LogP contribution is 2.14. The predicted molar refractivity (Wildman–Crippen MR) is 146 cm³/mol. The van der Waals surface area contributed by atoms with Crippen LogP contribution >= 0.6 is 0 Å². The van der Waals surface area contributed by atoms with Crippen LogP contribution in [0.4, 0.5) is 0 Å². The van der Waals surface area contributed by atoms with Crippen LogP contribution in [-0.2, 0) is 6.54 Å². The summed E-state index contributed by atoms with van der Waals surface area (Å²) < 4.78 is 1.49. The number of hydrogen-bond donors (Lipinski definition) is 2. The first kappa shape index (κ1) is 24.3. The van der Waals surface area contributed by atoms with Crippen molar-refractivity contribution in [2.45, 2.75) is 6.54 Å². The Kier molecular flexibility index (Phi) is 7.13. The molecule has 0 spiro atoms. The van der Waals surface area contributed by atoms with Gasteiger partial charge in [-0.2, -0.15) is 5.10 Å². The van der Waals surface area contributed by atoms with E-state index in [0.717, 1.165) is 5.56 Å². The number of carbonyl (C=O) groups is 2. The van der Waals surface area contributed by atoms with Gasteiger partial charge in [0.15, 0.2) is 0 Å². The molecule has 8 heteroatoms. The Bertz CT molecular complexity index is 1680. The maximum absolute atomic E-state index is 13.5. The first-order chi connectivity index (χ1) is 18.6. The Morgan fingerprint density at radius 1 is 0.763 bits per heavy atom. The summed E-state index contributed by atoms with van der Waals surface area (Å²) in [6, 6.07) is 31.8. The average molecular weight is 502 g/mol. The summed E-state index contributed by atoms with van der Waals surface area (Å²) in [6.45, 7) is 0.0581. The summed E-state index contributed by atoms with van der Waals surface area (Å²) in [5.74, 6) is -0.173. The summed E-state index contributed by atoms with van der Waals surface area (Å²) in [5, 5.41) is 7.35. The lowest BCUT2D eigenvalue weighted by Gasteiger charge is -2.14. The quantitative estimate of drug-likeness (QED) is 0.259. The van der Waals surface area contributed by atoms with Crippen LogP contribution < -0.4 is 16.3 Å². The van der Waals surface area contributed by atoms with E-state index in [1.807, 2.05) is 18.2 Å². The maximum Gasteiger partial charge on any atom is 0.271 e. The lowest BCUT2D eigenvalue weighted by Crippen LogP contribution is -2.30. The van der Waals surface area contributed by atoms with Gasteiger partial charge in [0.25, 0.3) is 17.4 Å². The van der Waals surface area contributed by atoms with E-state index < -0.39 is 0 Å². The van der Waals surface area contributed by atoms with Crippen molar-refractivity contribution in [2.75, 3.05) is 0 Å². The number of hydrazone groups is 1. The molecule has 38 heavy (non-hydrogen) atoms. The number of nitrogens with one attached hydrogen (secondary N) is 2. The minimum atomic E-state index is -0.311. The first-order valence-electron chi connectivity index (χ1n) is 11.9. The molecule has 0 aliphatic heterocycles. The van der Waals surface area contributed by atoms with Crippen molar-refractivity contribution in [3.8, 4) is 5.69 Å². The van der Waals surface area contributed by atoms with Crippen LogP contribution in [0.25, 0.3) is 16.6 Å². The summed E-state index contributed by atoms with van der Waals surface area (Å²) in [5.41, 5.74) is 5.15. The zero-order chi connectivity index (χ0) is 26.3. The van der Waals surface area contributed by atoms with Gasteiger partial charge in [0.1, 0.15) is 5.82 Å². The van der Waals surface area contributed by atoms with Gasteiger partial charge < -0.3 is 5.32 Å². The summed E-state index contributed by atoms with van der Waals surface area (Å²) in [4.78, 5) is 42.9. The fourth-order valence-electron chi connectivity index (χ4n) is 3.94. The molecule has 0 saturated heterocycles. The lowest BCUT2D eigenvalue weighted by molar-refractivity contribution is 0.0944. The zero-order valence-corrected chi connectivity index (χ0v) is 20.2. The van der Waals surface area contributed by atoms with Crippen LogP contribution in [0.5, 0.6) is 0 Å². The smallest absolute Gasteiger partial charge is 0.271 e. The van der Waals surface area contributed by atoms with E-state index in [0.29, 0.717) is 33.5 Å². The van der Waals surface area contributed by atoms with Gasteiger partial charge in [0.05, 0.1) is 29.3 Å². The number of rotatable bonds is 7. The van der Waals surface area contributed by atoms with E-state index in [9.17, 15) is 14.4 Å². The Morgan fingerprint density at radius 2 is 1.37 bits per heavy atom. The van der Waals surface area contributed by atoms with Gasteiger partial charge in [-0.15, -0.1) is 0 Å². The molecule has 0 saturated carbocycles. The highest BCUT2D eigenvalue weighted by atomic mass is 16.2. The van der Waals surface area contributed by atoms with Crippen LogP contribution in [0, 0.1) is 0 Å². The minimum absolute atomic E-state index is 0.0581. The van der Waals surface area contributed by atoms with Gasteiger partial charge in [-0.1, -0.05) is 60.7 Å². The molecular formula is C30H23N5O3. The molecule has 0 fully saturated rings. The summed E-state index contributed by atoms with van der Waals surface area (Å²) >= 11 is 0. The van der Waals surface area contributed by atoms with Crippen molar-refractivity contribution >= 4 is 28.9 Å². The fourth-order valence-corrected chi connectivity index (χ4v) is 3.94. The van der Waals surface area contributed by atoms with Crippen LogP contribution in [-0.4, -0.2) is 27.6 Å². The van der Waals surface area contributed by atoms with Crippen molar-refractivity contribution in [2.24, 2.45) is 5.10 Å². The summed E-state index contributed by atoms with van der Waals surface area (Å²) in [7, 11) is 0. The number of benzene rings is 4. The van der Waals surface area contributed by atoms with Crippen molar-refractivity contribution in [3.63, 3.8) is 0 Å². The lowest BCUT2D eigenvalue weighted by atomic mass is 10.2. The Labute approximate surface area is 218 Å². The molecule has 0 unspecified atom stereocenters. The van der Waals surface area contributed by atoms with Gasteiger partial charge in [0, 0.05) is 11.1 Å². The third kappa shape index (κ3) is 5.39. The standard InChI is InChI=1S/C30H23N5O3/c36-28(22-9-3-1-4-10-22)31-20-27-33-26-14-8-7-13-25(26)30(38)35(27)24-17-15-21(16-18-24)19-32-34-29(37)23-11-5-2-6-12-23/h1-19H,20H2,(H,31,36)(H,34,37)/b32-19+. The molecule has 186 valence electrons. The monoisotopic (exact) mass is 501 g/mol. The molecule has 0 atom stereocenters. The van der Waals surface area contributed by atoms with Gasteiger partial charge in [-0.3, -0.25) is 19.0 Å². The second-order valence-electron chi connectivity index (χ2n) is 8.39. The van der Waals surface area contributed by atoms with Gasteiger partial charge in [-0.05, 0) is 54.1 Å². The number of hydrogen-bond acceptors (Lipinski definition) is 5. The first-order valence-corrected chi connectivity index (χ1v) is 11.9. The van der Waals surface area contributed by atoms with E-state index in [2.05, 4.69) is 20.8 Å². The Balaban J connectivity index is 1.40. The Morgan fingerprint density at radius 3 is 2.05 bits per heavy atom. The maximum atomic E-state index is 13.5. The second kappa shape index (κ2) is 11.1. The zero-order valence-electron chi connectivity index (χ0n) is 20.2. The molecule has 2 amide bonds. The van der Waals surface area contributed by atoms with Crippen molar-refractivity contribution < 1.29 is 9.59 Å². The molecule has 0 bridgehead atoms. The summed E-state index contributed by atoms with van der Waals surface area (Å²) in [6.07, 6.45) is 1.52. The normalized spacial score (nSPS) is 10.9. The average Bonchev–Trinajstić information content (AvgIpc) is 2.97. The van der Waals surface area contributed by atoms with E-state index in [1.54, 1.807) is 91.0 Å². The van der Waals surface area contributed by atoms with Crippen molar-refractivity contribution in [3.05, 3.63) is 142 Å². The van der Waals surface area contributed by atoms with Crippen LogP contribution in [0.2, 0.25) is 0 Å². The highest BCUT2D eigenvalue weighted by Gasteiger charge is 2.14. The molecule has 2 N–H and O–H groups in total. The minimum Gasteiger partial charge on any atom is -0.345 e. The topological polar surface area (TPSA) is 105 Å². The third-order valence-corrected chi connectivity index (χ3v) is 5.86. The second-order valence-corrected chi connectivity index (χ2v) is 8.39. The molecule has 1 heterocycles. The van der Waals surface area contributed by atoms with Crippen molar-refractivity contribution in [1.29, 1.82) is 0 Å². The molecule has 0 radical (unpaired) electrons. The van der Waals surface area contributed by atoms with Crippen LogP contribution in [0.15, 0.2) is 119 Å². The fraction of sp³-hybridized carbons (Fsp3) is 0.0333. The van der Waals surface area contributed by atoms with E-state index >= 15 is 0 Å². The van der Waals surface area contributed by atoms with E-state index in [4.69, 9.17) is 0 Å². The highest BCUT2D eigenvalue weighted by molar-refractivity contribution is 5.95. The largest absolute Gasteiger partial charge is 0.345 e. The van der Waals surface area contributed by atoms with Gasteiger partial charge in [0.2, 0.25) is 0 Å². The Hall–Kier alpha value is -5.37. The molecule has 0 aliphatic rings. The van der Waals surface area contributed by atoms with Crippen LogP contribution in [0.1, 0.15) is 32.1 Å². The molecule has 5 rings (SSSR count). The molecule has 0 aliphatic carbocycles. The SMILES string of the molecule is O=C(NCc1nc2ccccc2c(=O)n1-c1ccc(/C=N/NC(=O)c2ccccc2)cc1)c1ccccc1. The number of nitrogens with zero attached hydrogens (tertiary/aromatic N) is 3. The van der Waals surface area contributed by atoms with Crippen molar-refractivity contribution in [1.82, 2.24) is 20.3 Å². The van der Waals surface area contributed by atoms with E-state index in [-0.39, 0.29) is 23.9 Å². The van der Waals surface area contributed by atoms with Gasteiger partial charge in [-0.25, -0.2) is 10.4 Å². The molecule has 8 nitrogen and oxygen atoms in total. The molecule has 4 aromatic carbocycles. The number of amides is 2. The number of fused-ring (bicyclic) bond motifs is 1. The predicted octanol–water partition coefficient (Wildman–Crippen LogP) is 4.08. The third-order valence-electron chi connectivity index (χ3n) is 5.86. The molecule has 1 aromatic heterocycles. The number of para-hydroxylation sites is 1. The molecular weight excluding hydrogens is 478 g/mol. The number of carbonyl (C=O) groups excluding carboxylic acids is 2. The van der Waals surface area contributed by atoms with E-state index in [1.165, 1.54) is 10.8 Å². The van der Waals surface area contributed by atoms with Crippen LogP contribution in [0.3, 0.4) is 0 Å². The van der Waals surface area contributed by atoms with Gasteiger partial charge >= 0.3 is 0 Å². The number of aromatic nitrogens is 2.